The van der Waals surface area contributed by atoms with Crippen molar-refractivity contribution in [3.8, 4) is 0 Å². The highest BCUT2D eigenvalue weighted by Crippen LogP contribution is 2.34. The third-order valence-electron chi connectivity index (χ3n) is 5.71. The minimum absolute atomic E-state index is 0.00970. The van der Waals surface area contributed by atoms with Crippen molar-refractivity contribution >= 4 is 33.3 Å². The predicted octanol–water partition coefficient (Wildman–Crippen LogP) is 2.53. The lowest BCUT2D eigenvalue weighted by atomic mass is 10.0. The molecule has 0 amide bonds. The van der Waals surface area contributed by atoms with Crippen molar-refractivity contribution in [3.05, 3.63) is 46.6 Å². The quantitative estimate of drug-likeness (QED) is 0.547. The topological polar surface area (TPSA) is 62.7 Å². The molecule has 0 aliphatic carbocycles. The Morgan fingerprint density at radius 3 is 2.32 bits per heavy atom. The molecule has 0 bridgehead atoms. The Labute approximate surface area is 145 Å². The summed E-state index contributed by atoms with van der Waals surface area (Å²) in [5.41, 5.74) is 8.73. The molecule has 3 heterocycles. The van der Waals surface area contributed by atoms with Crippen molar-refractivity contribution in [2.75, 3.05) is 43.9 Å². The van der Waals surface area contributed by atoms with Crippen LogP contribution in [-0.4, -0.2) is 38.1 Å². The Morgan fingerprint density at radius 2 is 1.60 bits per heavy atom. The Morgan fingerprint density at radius 1 is 0.960 bits per heavy atom. The van der Waals surface area contributed by atoms with Gasteiger partial charge in [0.1, 0.15) is 11.2 Å². The van der Waals surface area contributed by atoms with Crippen molar-refractivity contribution < 1.29 is 4.42 Å². The molecule has 2 unspecified atom stereocenters. The summed E-state index contributed by atoms with van der Waals surface area (Å²) in [5.74, 6) is 1.46. The van der Waals surface area contributed by atoms with Gasteiger partial charge in [-0.05, 0) is 55.3 Å². The van der Waals surface area contributed by atoms with Gasteiger partial charge in [-0.3, -0.25) is 4.79 Å². The highest BCUT2D eigenvalue weighted by atomic mass is 16.3. The van der Waals surface area contributed by atoms with Gasteiger partial charge in [0, 0.05) is 37.6 Å². The molecule has 5 nitrogen and oxygen atoms in total. The van der Waals surface area contributed by atoms with Crippen molar-refractivity contribution in [2.45, 2.75) is 0 Å². The first-order chi connectivity index (χ1) is 12.1. The van der Waals surface area contributed by atoms with E-state index < -0.39 is 0 Å². The number of hydrogen-bond acceptors (Lipinski definition) is 5. The third kappa shape index (κ3) is 2.30. The largest absolute Gasteiger partial charge is 0.456 e. The number of nitrogens with zero attached hydrogens (tertiary/aromatic N) is 2. The van der Waals surface area contributed by atoms with Gasteiger partial charge >= 0.3 is 0 Å². The van der Waals surface area contributed by atoms with Crippen LogP contribution in [0.25, 0.3) is 21.9 Å². The van der Waals surface area contributed by atoms with Crippen LogP contribution in [0.4, 0.5) is 11.4 Å². The molecule has 3 aromatic rings. The summed E-state index contributed by atoms with van der Waals surface area (Å²) in [7, 11) is 2.20. The molecule has 2 aliphatic rings. The van der Waals surface area contributed by atoms with E-state index in [0.29, 0.717) is 27.6 Å². The molecule has 2 N–H and O–H groups in total. The van der Waals surface area contributed by atoms with Crippen molar-refractivity contribution in [3.63, 3.8) is 0 Å². The second kappa shape index (κ2) is 5.23. The first-order valence-electron chi connectivity index (χ1n) is 8.78. The first kappa shape index (κ1) is 14.8. The lowest BCUT2D eigenvalue weighted by Gasteiger charge is -2.21. The fourth-order valence-corrected chi connectivity index (χ4v) is 4.50. The Balaban J connectivity index is 1.59. The monoisotopic (exact) mass is 335 g/mol. The number of nitrogens with two attached hydrogens (primary N) is 1. The van der Waals surface area contributed by atoms with E-state index in [4.69, 9.17) is 10.2 Å². The van der Waals surface area contributed by atoms with Crippen LogP contribution >= 0.6 is 0 Å². The number of likely N-dealkylation sites (tertiary alicyclic amines) is 1. The van der Waals surface area contributed by atoms with Gasteiger partial charge in [0.05, 0.1) is 10.8 Å². The van der Waals surface area contributed by atoms with E-state index in [1.165, 1.54) is 13.1 Å². The van der Waals surface area contributed by atoms with Crippen LogP contribution in [0.15, 0.2) is 45.6 Å². The van der Waals surface area contributed by atoms with E-state index in [9.17, 15) is 4.79 Å². The van der Waals surface area contributed by atoms with E-state index in [1.54, 1.807) is 18.2 Å². The van der Waals surface area contributed by atoms with Crippen LogP contribution in [0, 0.1) is 11.8 Å². The summed E-state index contributed by atoms with van der Waals surface area (Å²) >= 11 is 0. The van der Waals surface area contributed by atoms with Gasteiger partial charge in [-0.1, -0.05) is 0 Å². The van der Waals surface area contributed by atoms with Crippen LogP contribution in [0.2, 0.25) is 0 Å². The van der Waals surface area contributed by atoms with E-state index >= 15 is 0 Å². The number of benzene rings is 2. The standard InChI is InChI=1S/C20H21N3O2/c1-22-8-12-10-23(11-13(12)9-22)15-3-5-19-17(7-15)20(24)16-6-14(21)2-4-18(16)25-19/h2-7,12-13H,8-11,21H2,1H3. The zero-order chi connectivity index (χ0) is 17.1. The van der Waals surface area contributed by atoms with Gasteiger partial charge in [-0.2, -0.15) is 0 Å². The molecule has 1 aromatic heterocycles. The number of rotatable bonds is 1. The molecule has 0 spiro atoms. The van der Waals surface area contributed by atoms with Crippen LogP contribution < -0.4 is 16.1 Å². The summed E-state index contributed by atoms with van der Waals surface area (Å²) < 4.78 is 5.91. The fourth-order valence-electron chi connectivity index (χ4n) is 4.50. The average molecular weight is 335 g/mol. The SMILES string of the molecule is CN1CC2CN(c3ccc4oc5ccc(N)cc5c(=O)c4c3)CC2C1. The maximum absolute atomic E-state index is 12.9. The van der Waals surface area contributed by atoms with Crippen LogP contribution in [0.3, 0.4) is 0 Å². The smallest absolute Gasteiger partial charge is 0.200 e. The Kier molecular flexibility index (Phi) is 3.09. The van der Waals surface area contributed by atoms with Gasteiger partial charge in [-0.15, -0.1) is 0 Å². The number of anilines is 2. The summed E-state index contributed by atoms with van der Waals surface area (Å²) in [4.78, 5) is 17.7. The van der Waals surface area contributed by atoms with Crippen LogP contribution in [-0.2, 0) is 0 Å². The van der Waals surface area contributed by atoms with Gasteiger partial charge in [0.25, 0.3) is 0 Å². The molecule has 5 heteroatoms. The van der Waals surface area contributed by atoms with Gasteiger partial charge < -0.3 is 20.0 Å². The number of nitrogen functional groups attached to an aromatic ring is 1. The van der Waals surface area contributed by atoms with Gasteiger partial charge in [0.15, 0.2) is 0 Å². The van der Waals surface area contributed by atoms with E-state index in [-0.39, 0.29) is 5.43 Å². The van der Waals surface area contributed by atoms with Gasteiger partial charge in [0.2, 0.25) is 5.43 Å². The number of hydrogen-bond donors (Lipinski definition) is 1. The van der Waals surface area contributed by atoms with Gasteiger partial charge in [-0.25, -0.2) is 0 Å². The zero-order valence-electron chi connectivity index (χ0n) is 14.2. The molecule has 0 radical (unpaired) electrons. The lowest BCUT2D eigenvalue weighted by molar-refractivity contribution is 0.387. The summed E-state index contributed by atoms with van der Waals surface area (Å²) in [6, 6.07) is 11.2. The summed E-state index contributed by atoms with van der Waals surface area (Å²) in [5, 5.41) is 1.18. The Bertz CT molecular complexity index is 1030. The van der Waals surface area contributed by atoms with Crippen molar-refractivity contribution in [1.29, 1.82) is 0 Å². The minimum Gasteiger partial charge on any atom is -0.456 e. The third-order valence-corrected chi connectivity index (χ3v) is 5.71. The highest BCUT2D eigenvalue weighted by molar-refractivity contribution is 5.92. The highest BCUT2D eigenvalue weighted by Gasteiger charge is 2.38. The molecule has 5 rings (SSSR count). The molecular weight excluding hydrogens is 314 g/mol. The lowest BCUT2D eigenvalue weighted by Crippen LogP contribution is -2.26. The first-order valence-corrected chi connectivity index (χ1v) is 8.78. The van der Waals surface area contributed by atoms with Crippen LogP contribution in [0.5, 0.6) is 0 Å². The molecule has 2 aromatic carbocycles. The van der Waals surface area contributed by atoms with Crippen molar-refractivity contribution in [2.24, 2.45) is 11.8 Å². The normalized spacial score (nSPS) is 23.6. The summed E-state index contributed by atoms with van der Waals surface area (Å²) in [6.07, 6.45) is 0. The predicted molar refractivity (Wildman–Crippen MR) is 101 cm³/mol. The molecule has 2 fully saturated rings. The maximum Gasteiger partial charge on any atom is 0.200 e. The molecule has 2 aliphatic heterocycles. The summed E-state index contributed by atoms with van der Waals surface area (Å²) in [6.45, 7) is 4.46. The maximum atomic E-state index is 12.9. The molecule has 25 heavy (non-hydrogen) atoms. The average Bonchev–Trinajstić information content (AvgIpc) is 3.13. The fraction of sp³-hybridized carbons (Fsp3) is 0.350. The van der Waals surface area contributed by atoms with E-state index in [1.807, 2.05) is 12.1 Å². The molecule has 0 saturated carbocycles. The molecule has 2 atom stereocenters. The van der Waals surface area contributed by atoms with Crippen LogP contribution in [0.1, 0.15) is 0 Å². The second-order valence-electron chi connectivity index (χ2n) is 7.51. The van der Waals surface area contributed by atoms with E-state index in [2.05, 4.69) is 22.9 Å². The van der Waals surface area contributed by atoms with E-state index in [0.717, 1.165) is 30.6 Å². The zero-order valence-corrected chi connectivity index (χ0v) is 14.2. The number of fused-ring (bicyclic) bond motifs is 3. The second-order valence-corrected chi connectivity index (χ2v) is 7.51. The Hall–Kier alpha value is -2.53. The molecule has 2 saturated heterocycles. The minimum atomic E-state index is -0.00970. The molecular formula is C20H21N3O2. The molecule has 128 valence electrons. The van der Waals surface area contributed by atoms with Crippen molar-refractivity contribution in [1.82, 2.24) is 4.90 Å².